The molecule has 1 saturated heterocycles. The smallest absolute Gasteiger partial charge is 0.408 e. The number of ether oxygens (including phenoxy) is 1. The summed E-state index contributed by atoms with van der Waals surface area (Å²) in [4.78, 5) is 44.7. The summed E-state index contributed by atoms with van der Waals surface area (Å²) in [6.45, 7) is 9.73. The lowest BCUT2D eigenvalue weighted by Crippen LogP contribution is -2.52. The maximum atomic E-state index is 12.9. The van der Waals surface area contributed by atoms with Crippen LogP contribution in [0.5, 0.6) is 0 Å². The lowest BCUT2D eigenvalue weighted by Gasteiger charge is -2.28. The molecule has 0 radical (unpaired) electrons. The maximum Gasteiger partial charge on any atom is 0.408 e. The number of rotatable bonds is 6. The SMILES string of the molecule is Cc1ncsc1-c1ccc(CNC(=O)C2CCCN2C(=O)C(C)NC(=O)OC(C)(C)C)cc1. The van der Waals surface area contributed by atoms with Gasteiger partial charge >= 0.3 is 6.09 Å². The number of carbonyl (C=O) groups excluding carboxylic acids is 3. The van der Waals surface area contributed by atoms with Crippen molar-refractivity contribution in [3.63, 3.8) is 0 Å². The summed E-state index contributed by atoms with van der Waals surface area (Å²) in [7, 11) is 0. The minimum absolute atomic E-state index is 0.187. The van der Waals surface area contributed by atoms with Gasteiger partial charge in [0.15, 0.2) is 0 Å². The van der Waals surface area contributed by atoms with Crippen molar-refractivity contribution in [3.05, 3.63) is 41.0 Å². The largest absolute Gasteiger partial charge is 0.444 e. The molecule has 0 spiro atoms. The summed E-state index contributed by atoms with van der Waals surface area (Å²) < 4.78 is 5.22. The summed E-state index contributed by atoms with van der Waals surface area (Å²) in [6.07, 6.45) is 0.687. The van der Waals surface area contributed by atoms with Gasteiger partial charge < -0.3 is 20.3 Å². The number of aromatic nitrogens is 1. The molecule has 2 N–H and O–H groups in total. The van der Waals surface area contributed by atoms with E-state index < -0.39 is 23.8 Å². The molecule has 0 aliphatic carbocycles. The average Bonchev–Trinajstić information content (AvgIpc) is 3.39. The van der Waals surface area contributed by atoms with E-state index in [1.807, 2.05) is 36.7 Å². The molecular weight excluding hydrogens is 440 g/mol. The number of benzene rings is 1. The predicted molar refractivity (Wildman–Crippen MR) is 128 cm³/mol. The number of hydrogen-bond acceptors (Lipinski definition) is 6. The minimum atomic E-state index is -0.781. The van der Waals surface area contributed by atoms with Crippen LogP contribution in [0.25, 0.3) is 10.4 Å². The molecule has 1 aromatic carbocycles. The van der Waals surface area contributed by atoms with Gasteiger partial charge in [-0.15, -0.1) is 11.3 Å². The summed E-state index contributed by atoms with van der Waals surface area (Å²) >= 11 is 1.60. The monoisotopic (exact) mass is 472 g/mol. The van der Waals surface area contributed by atoms with E-state index in [-0.39, 0.29) is 11.8 Å². The molecule has 178 valence electrons. The fraction of sp³-hybridized carbons (Fsp3) is 0.500. The number of likely N-dealkylation sites (tertiary alicyclic amines) is 1. The molecule has 1 aromatic heterocycles. The zero-order valence-electron chi connectivity index (χ0n) is 19.8. The number of carbonyl (C=O) groups is 3. The van der Waals surface area contributed by atoms with Gasteiger partial charge in [0.05, 0.1) is 16.1 Å². The lowest BCUT2D eigenvalue weighted by atomic mass is 10.1. The van der Waals surface area contributed by atoms with E-state index in [0.717, 1.165) is 28.1 Å². The van der Waals surface area contributed by atoms with Gasteiger partial charge in [0.1, 0.15) is 17.7 Å². The van der Waals surface area contributed by atoms with Gasteiger partial charge in [-0.25, -0.2) is 9.78 Å². The van der Waals surface area contributed by atoms with Crippen LogP contribution in [-0.4, -0.2) is 52.0 Å². The second-order valence-corrected chi connectivity index (χ2v) is 10.1. The molecule has 33 heavy (non-hydrogen) atoms. The topological polar surface area (TPSA) is 101 Å². The van der Waals surface area contributed by atoms with E-state index >= 15 is 0 Å². The van der Waals surface area contributed by atoms with E-state index in [1.54, 1.807) is 43.9 Å². The van der Waals surface area contributed by atoms with Crippen LogP contribution >= 0.6 is 11.3 Å². The van der Waals surface area contributed by atoms with Crippen molar-refractivity contribution in [2.75, 3.05) is 6.54 Å². The standard InChI is InChI=1S/C24H32N4O4S/c1-15-20(33-14-26-15)18-10-8-17(9-11-18)13-25-21(29)19-7-6-12-28(19)22(30)16(2)27-23(31)32-24(3,4)5/h8-11,14,16,19H,6-7,12-13H2,1-5H3,(H,25,29)(H,27,31). The van der Waals surface area contributed by atoms with E-state index in [1.165, 1.54) is 0 Å². The van der Waals surface area contributed by atoms with Crippen LogP contribution in [-0.2, 0) is 20.9 Å². The van der Waals surface area contributed by atoms with Crippen molar-refractivity contribution in [2.24, 2.45) is 0 Å². The Hall–Kier alpha value is -2.94. The Labute approximate surface area is 198 Å². The average molecular weight is 473 g/mol. The van der Waals surface area contributed by atoms with Crippen LogP contribution in [0.4, 0.5) is 4.79 Å². The Balaban J connectivity index is 1.54. The second-order valence-electron chi connectivity index (χ2n) is 9.24. The van der Waals surface area contributed by atoms with Crippen molar-refractivity contribution in [3.8, 4) is 10.4 Å². The molecule has 1 aliphatic heterocycles. The first-order chi connectivity index (χ1) is 15.5. The van der Waals surface area contributed by atoms with Gasteiger partial charge in [-0.05, 0) is 58.6 Å². The van der Waals surface area contributed by atoms with E-state index in [0.29, 0.717) is 19.5 Å². The molecule has 0 saturated carbocycles. The predicted octanol–water partition coefficient (Wildman–Crippen LogP) is 3.64. The number of nitrogens with one attached hydrogen (secondary N) is 2. The highest BCUT2D eigenvalue weighted by molar-refractivity contribution is 7.13. The molecule has 3 amide bonds. The Bertz CT molecular complexity index is 997. The minimum Gasteiger partial charge on any atom is -0.444 e. The zero-order chi connectivity index (χ0) is 24.2. The number of amides is 3. The third-order valence-electron chi connectivity index (χ3n) is 5.37. The number of hydrogen-bond donors (Lipinski definition) is 2. The van der Waals surface area contributed by atoms with Gasteiger partial charge in [0.2, 0.25) is 11.8 Å². The van der Waals surface area contributed by atoms with Crippen LogP contribution in [0.2, 0.25) is 0 Å². The molecule has 2 aromatic rings. The molecule has 3 rings (SSSR count). The van der Waals surface area contributed by atoms with Crippen molar-refractivity contribution >= 4 is 29.2 Å². The fourth-order valence-corrected chi connectivity index (χ4v) is 4.57. The third kappa shape index (κ3) is 6.54. The maximum absolute atomic E-state index is 12.9. The normalized spacial score (nSPS) is 16.9. The summed E-state index contributed by atoms with van der Waals surface area (Å²) in [5, 5.41) is 5.51. The number of alkyl carbamates (subject to hydrolysis) is 1. The van der Waals surface area contributed by atoms with Crippen LogP contribution < -0.4 is 10.6 Å². The first-order valence-electron chi connectivity index (χ1n) is 11.1. The highest BCUT2D eigenvalue weighted by atomic mass is 32.1. The van der Waals surface area contributed by atoms with Gasteiger partial charge in [-0.2, -0.15) is 0 Å². The molecule has 8 nitrogen and oxygen atoms in total. The second kappa shape index (κ2) is 10.3. The van der Waals surface area contributed by atoms with Gasteiger partial charge in [-0.3, -0.25) is 9.59 Å². The molecular formula is C24H32N4O4S. The Morgan fingerprint density at radius 2 is 1.94 bits per heavy atom. The van der Waals surface area contributed by atoms with Gasteiger partial charge in [0.25, 0.3) is 0 Å². The van der Waals surface area contributed by atoms with Crippen molar-refractivity contribution in [2.45, 2.75) is 71.7 Å². The molecule has 0 bridgehead atoms. The quantitative estimate of drug-likeness (QED) is 0.669. The van der Waals surface area contributed by atoms with Crippen molar-refractivity contribution in [1.29, 1.82) is 0 Å². The number of aryl methyl sites for hydroxylation is 1. The van der Waals surface area contributed by atoms with Crippen LogP contribution in [0.15, 0.2) is 29.8 Å². The highest BCUT2D eigenvalue weighted by Gasteiger charge is 2.36. The highest BCUT2D eigenvalue weighted by Crippen LogP contribution is 2.27. The lowest BCUT2D eigenvalue weighted by molar-refractivity contribution is -0.139. The fourth-order valence-electron chi connectivity index (χ4n) is 3.76. The molecule has 1 aliphatic rings. The summed E-state index contributed by atoms with van der Waals surface area (Å²) in [5.41, 5.74) is 4.26. The number of thiazole rings is 1. The molecule has 2 heterocycles. The van der Waals surface area contributed by atoms with E-state index in [9.17, 15) is 14.4 Å². The first-order valence-corrected chi connectivity index (χ1v) is 12.0. The van der Waals surface area contributed by atoms with Crippen LogP contribution in [0.3, 0.4) is 0 Å². The van der Waals surface area contributed by atoms with Crippen LogP contribution in [0, 0.1) is 6.92 Å². The van der Waals surface area contributed by atoms with E-state index in [2.05, 4.69) is 15.6 Å². The van der Waals surface area contributed by atoms with E-state index in [4.69, 9.17) is 4.74 Å². The van der Waals surface area contributed by atoms with Crippen LogP contribution in [0.1, 0.15) is 51.8 Å². The molecule has 2 atom stereocenters. The zero-order valence-corrected chi connectivity index (χ0v) is 20.6. The Morgan fingerprint density at radius 1 is 1.24 bits per heavy atom. The van der Waals surface area contributed by atoms with Crippen molar-refractivity contribution in [1.82, 2.24) is 20.5 Å². The number of nitrogens with zero attached hydrogens (tertiary/aromatic N) is 2. The molecule has 1 fully saturated rings. The Kier molecular flexibility index (Phi) is 7.73. The Morgan fingerprint density at radius 3 is 2.55 bits per heavy atom. The first kappa shape index (κ1) is 24.7. The van der Waals surface area contributed by atoms with Gasteiger partial charge in [-0.1, -0.05) is 24.3 Å². The van der Waals surface area contributed by atoms with Gasteiger partial charge in [0, 0.05) is 13.1 Å². The summed E-state index contributed by atoms with van der Waals surface area (Å²) in [5.74, 6) is -0.476. The third-order valence-corrected chi connectivity index (χ3v) is 6.35. The summed E-state index contributed by atoms with van der Waals surface area (Å²) in [6, 6.07) is 6.70. The molecule has 2 unspecified atom stereocenters. The molecule has 9 heteroatoms. The van der Waals surface area contributed by atoms with Crippen molar-refractivity contribution < 1.29 is 19.1 Å².